The fourth-order valence-electron chi connectivity index (χ4n) is 3.36. The van der Waals surface area contributed by atoms with Gasteiger partial charge in [0.15, 0.2) is 0 Å². The number of hydrogen-bond donors (Lipinski definition) is 0. The van der Waals surface area contributed by atoms with E-state index in [1.807, 2.05) is 41.3 Å². The summed E-state index contributed by atoms with van der Waals surface area (Å²) in [5, 5.41) is 0. The molecule has 134 valence electrons. The molecule has 0 bridgehead atoms. The monoisotopic (exact) mass is 349 g/mol. The van der Waals surface area contributed by atoms with Crippen molar-refractivity contribution in [1.29, 1.82) is 0 Å². The molecule has 1 fully saturated rings. The maximum absolute atomic E-state index is 11.9. The molecule has 4 heteroatoms. The summed E-state index contributed by atoms with van der Waals surface area (Å²) >= 11 is 0. The van der Waals surface area contributed by atoms with Gasteiger partial charge in [-0.3, -0.25) is 14.5 Å². The van der Waals surface area contributed by atoms with Crippen LogP contribution < -0.4 is 0 Å². The molecule has 2 aromatic carbocycles. The number of carbonyl (C=O) groups is 2. The largest absolute Gasteiger partial charge is 0.468 e. The first-order valence-corrected chi connectivity index (χ1v) is 8.83. The lowest BCUT2D eigenvalue weighted by Crippen LogP contribution is -2.37. The van der Waals surface area contributed by atoms with Crippen molar-refractivity contribution in [1.82, 2.24) is 4.90 Å². The molecular formula is C22H23NO3. The molecule has 0 N–H and O–H groups in total. The van der Waals surface area contributed by atoms with Crippen molar-refractivity contribution in [2.24, 2.45) is 0 Å². The van der Waals surface area contributed by atoms with Crippen LogP contribution in [0.25, 0.3) is 5.57 Å². The van der Waals surface area contributed by atoms with Crippen molar-refractivity contribution in [2.75, 3.05) is 20.2 Å². The molecule has 0 spiro atoms. The third-order valence-corrected chi connectivity index (χ3v) is 4.65. The predicted molar refractivity (Wildman–Crippen MR) is 102 cm³/mol. The summed E-state index contributed by atoms with van der Waals surface area (Å²) in [5.41, 5.74) is 3.47. The van der Waals surface area contributed by atoms with Gasteiger partial charge in [-0.2, -0.15) is 0 Å². The van der Waals surface area contributed by atoms with Crippen LogP contribution >= 0.6 is 0 Å². The number of esters is 1. The summed E-state index contributed by atoms with van der Waals surface area (Å²) in [7, 11) is 1.37. The third-order valence-electron chi connectivity index (χ3n) is 4.65. The van der Waals surface area contributed by atoms with Crippen molar-refractivity contribution >= 4 is 17.3 Å². The van der Waals surface area contributed by atoms with E-state index in [0.717, 1.165) is 23.1 Å². The number of Topliss-reactive ketones (excluding diaryl/α,β-unsaturated/α-hetero) is 1. The lowest BCUT2D eigenvalue weighted by atomic mass is 9.97. The van der Waals surface area contributed by atoms with Crippen LogP contribution in [-0.2, 0) is 14.3 Å². The SMILES string of the molecule is COC(=O)[C@@H]1CC(=O)CN1CCC=C(c1ccccc1)c1ccccc1. The zero-order chi connectivity index (χ0) is 18.4. The molecule has 0 aliphatic carbocycles. The second-order valence-corrected chi connectivity index (χ2v) is 6.39. The number of hydrogen-bond acceptors (Lipinski definition) is 4. The molecule has 1 aliphatic rings. The average Bonchev–Trinajstić information content (AvgIpc) is 3.06. The Kier molecular flexibility index (Phi) is 5.97. The van der Waals surface area contributed by atoms with Crippen LogP contribution in [0.1, 0.15) is 24.0 Å². The molecule has 0 radical (unpaired) electrons. The topological polar surface area (TPSA) is 46.6 Å². The molecule has 0 unspecified atom stereocenters. The quantitative estimate of drug-likeness (QED) is 0.751. The van der Waals surface area contributed by atoms with Crippen molar-refractivity contribution < 1.29 is 14.3 Å². The molecule has 1 atom stereocenters. The van der Waals surface area contributed by atoms with Gasteiger partial charge in [-0.15, -0.1) is 0 Å². The average molecular weight is 349 g/mol. The van der Waals surface area contributed by atoms with Gasteiger partial charge in [0.25, 0.3) is 0 Å². The highest BCUT2D eigenvalue weighted by atomic mass is 16.5. The number of likely N-dealkylation sites (tertiary alicyclic amines) is 1. The van der Waals surface area contributed by atoms with E-state index in [-0.39, 0.29) is 18.2 Å². The second-order valence-electron chi connectivity index (χ2n) is 6.39. The lowest BCUT2D eigenvalue weighted by molar-refractivity contribution is -0.146. The van der Waals surface area contributed by atoms with E-state index in [2.05, 4.69) is 30.3 Å². The Morgan fingerprint density at radius 2 is 1.65 bits per heavy atom. The molecule has 1 aliphatic heterocycles. The lowest BCUT2D eigenvalue weighted by Gasteiger charge is -2.20. The Labute approximate surface area is 154 Å². The molecule has 1 saturated heterocycles. The number of nitrogens with zero attached hydrogens (tertiary/aromatic N) is 1. The summed E-state index contributed by atoms with van der Waals surface area (Å²) in [6.45, 7) is 0.967. The summed E-state index contributed by atoms with van der Waals surface area (Å²) < 4.78 is 4.83. The minimum absolute atomic E-state index is 0.0933. The number of ketones is 1. The zero-order valence-corrected chi connectivity index (χ0v) is 14.9. The van der Waals surface area contributed by atoms with Gasteiger partial charge in [-0.1, -0.05) is 66.7 Å². The van der Waals surface area contributed by atoms with Crippen LogP contribution in [0.15, 0.2) is 66.7 Å². The number of rotatable bonds is 6. The fraction of sp³-hybridized carbons (Fsp3) is 0.273. The first-order valence-electron chi connectivity index (χ1n) is 8.83. The van der Waals surface area contributed by atoms with Gasteiger partial charge in [-0.25, -0.2) is 0 Å². The minimum atomic E-state index is -0.446. The van der Waals surface area contributed by atoms with Gasteiger partial charge < -0.3 is 4.74 Å². The number of carbonyl (C=O) groups excluding carboxylic acids is 2. The Bertz CT molecular complexity index is 742. The van der Waals surface area contributed by atoms with Gasteiger partial charge in [0.2, 0.25) is 0 Å². The van der Waals surface area contributed by atoms with Gasteiger partial charge in [0, 0.05) is 13.0 Å². The van der Waals surface area contributed by atoms with Gasteiger partial charge in [-0.05, 0) is 23.1 Å². The molecule has 0 amide bonds. The highest BCUT2D eigenvalue weighted by Crippen LogP contribution is 2.24. The predicted octanol–water partition coefficient (Wildman–Crippen LogP) is 3.32. The van der Waals surface area contributed by atoms with E-state index in [1.165, 1.54) is 7.11 Å². The van der Waals surface area contributed by atoms with E-state index >= 15 is 0 Å². The molecule has 26 heavy (non-hydrogen) atoms. The van der Waals surface area contributed by atoms with Crippen LogP contribution in [0, 0.1) is 0 Å². The summed E-state index contributed by atoms with van der Waals surface area (Å²) in [4.78, 5) is 25.6. The van der Waals surface area contributed by atoms with Crippen molar-refractivity contribution in [2.45, 2.75) is 18.9 Å². The van der Waals surface area contributed by atoms with Gasteiger partial charge in [0.1, 0.15) is 11.8 Å². The summed E-state index contributed by atoms with van der Waals surface area (Å²) in [5.74, 6) is -0.234. The Morgan fingerprint density at radius 3 is 2.19 bits per heavy atom. The second kappa shape index (κ2) is 8.59. The Hall–Kier alpha value is -2.72. The standard InChI is InChI=1S/C22H23NO3/c1-26-22(25)21-15-19(24)16-23(21)14-8-13-20(17-9-4-2-5-10-17)18-11-6-3-7-12-18/h2-7,9-13,21H,8,14-16H2,1H3/t21-/m0/s1. The maximum Gasteiger partial charge on any atom is 0.323 e. The van der Waals surface area contributed by atoms with Crippen LogP contribution in [0.2, 0.25) is 0 Å². The minimum Gasteiger partial charge on any atom is -0.468 e. The van der Waals surface area contributed by atoms with Gasteiger partial charge in [0.05, 0.1) is 13.7 Å². The first-order chi connectivity index (χ1) is 12.7. The van der Waals surface area contributed by atoms with Crippen LogP contribution in [0.3, 0.4) is 0 Å². The normalized spacial score (nSPS) is 17.1. The molecule has 2 aromatic rings. The maximum atomic E-state index is 11.9. The van der Waals surface area contributed by atoms with Crippen LogP contribution in [0.5, 0.6) is 0 Å². The highest BCUT2D eigenvalue weighted by Gasteiger charge is 2.35. The van der Waals surface area contributed by atoms with Crippen LogP contribution in [0.4, 0.5) is 0 Å². The first kappa shape index (κ1) is 18.1. The molecule has 3 rings (SSSR count). The van der Waals surface area contributed by atoms with Crippen molar-refractivity contribution in [3.63, 3.8) is 0 Å². The fourth-order valence-corrected chi connectivity index (χ4v) is 3.36. The van der Waals surface area contributed by atoms with E-state index < -0.39 is 6.04 Å². The summed E-state index contributed by atoms with van der Waals surface area (Å²) in [6.07, 6.45) is 3.18. The smallest absolute Gasteiger partial charge is 0.323 e. The highest BCUT2D eigenvalue weighted by molar-refractivity contribution is 5.91. The molecule has 4 nitrogen and oxygen atoms in total. The Morgan fingerprint density at radius 1 is 1.08 bits per heavy atom. The third kappa shape index (κ3) is 4.27. The summed E-state index contributed by atoms with van der Waals surface area (Å²) in [6, 6.07) is 20.0. The molecule has 0 aromatic heterocycles. The molecular weight excluding hydrogens is 326 g/mol. The number of methoxy groups -OCH3 is 1. The van der Waals surface area contributed by atoms with Gasteiger partial charge >= 0.3 is 5.97 Å². The molecule has 0 saturated carbocycles. The zero-order valence-electron chi connectivity index (χ0n) is 14.9. The van der Waals surface area contributed by atoms with E-state index in [4.69, 9.17) is 4.74 Å². The van der Waals surface area contributed by atoms with Crippen molar-refractivity contribution in [3.05, 3.63) is 77.9 Å². The van der Waals surface area contributed by atoms with Crippen molar-refractivity contribution in [3.8, 4) is 0 Å². The molecule has 1 heterocycles. The van der Waals surface area contributed by atoms with E-state index in [1.54, 1.807) is 0 Å². The van der Waals surface area contributed by atoms with Crippen LogP contribution in [-0.4, -0.2) is 42.9 Å². The van der Waals surface area contributed by atoms with E-state index in [0.29, 0.717) is 13.1 Å². The number of ether oxygens (including phenoxy) is 1. The Balaban J connectivity index is 1.77. The van der Waals surface area contributed by atoms with E-state index in [9.17, 15) is 9.59 Å². The number of benzene rings is 2.